The van der Waals surface area contributed by atoms with Crippen LogP contribution >= 0.6 is 0 Å². The largest absolute Gasteiger partial charge is 0.336 e. The van der Waals surface area contributed by atoms with Gasteiger partial charge in [0, 0.05) is 6.20 Å². The van der Waals surface area contributed by atoms with Crippen molar-refractivity contribution in [3.05, 3.63) is 23.5 Å². The molecule has 0 saturated carbocycles. The van der Waals surface area contributed by atoms with Crippen molar-refractivity contribution in [1.29, 1.82) is 0 Å². The molecule has 0 amide bonds. The summed E-state index contributed by atoms with van der Waals surface area (Å²) in [4.78, 5) is 4.28. The molecule has 0 saturated heterocycles. The predicted molar refractivity (Wildman–Crippen MR) is 60.0 cm³/mol. The molecule has 0 fully saturated rings. The summed E-state index contributed by atoms with van der Waals surface area (Å²) in [6.45, 7) is 8.54. The Morgan fingerprint density at radius 2 is 1.87 bits per heavy atom. The van der Waals surface area contributed by atoms with Crippen molar-refractivity contribution in [3.63, 3.8) is 0 Å². The third-order valence-electron chi connectivity index (χ3n) is 2.59. The Morgan fingerprint density at radius 3 is 2.47 bits per heavy atom. The molecule has 15 heavy (non-hydrogen) atoms. The van der Waals surface area contributed by atoms with E-state index in [0.717, 1.165) is 11.1 Å². The van der Waals surface area contributed by atoms with E-state index in [-0.39, 0.29) is 0 Å². The Bertz CT molecular complexity index is 471. The molecule has 0 aliphatic carbocycles. The summed E-state index contributed by atoms with van der Waals surface area (Å²) in [5.41, 5.74) is 2.87. The normalized spacial score (nSPS) is 11.9. The fourth-order valence-corrected chi connectivity index (χ4v) is 1.60. The van der Waals surface area contributed by atoms with Crippen molar-refractivity contribution in [2.24, 2.45) is 0 Å². The first kappa shape index (κ1) is 10.1. The van der Waals surface area contributed by atoms with Crippen molar-refractivity contribution < 1.29 is 4.52 Å². The first-order valence-electron chi connectivity index (χ1n) is 5.34. The Morgan fingerprint density at radius 1 is 1.13 bits per heavy atom. The molecule has 2 aromatic rings. The smallest absolute Gasteiger partial charge is 0.257 e. The molecule has 0 unspecified atom stereocenters. The second-order valence-corrected chi connectivity index (χ2v) is 4.50. The first-order valence-corrected chi connectivity index (χ1v) is 5.34. The molecule has 0 aliphatic rings. The van der Waals surface area contributed by atoms with Crippen LogP contribution in [0.15, 0.2) is 16.8 Å². The van der Waals surface area contributed by atoms with Crippen molar-refractivity contribution in [2.75, 3.05) is 0 Å². The lowest BCUT2D eigenvalue weighted by Crippen LogP contribution is -1.91. The molecular weight excluding hydrogens is 188 g/mol. The summed E-state index contributed by atoms with van der Waals surface area (Å²) in [5, 5.41) is 5.11. The Balaban J connectivity index is 2.61. The lowest BCUT2D eigenvalue weighted by molar-refractivity contribution is 0.434. The van der Waals surface area contributed by atoms with E-state index in [0.29, 0.717) is 17.5 Å². The molecule has 0 bridgehead atoms. The zero-order valence-electron chi connectivity index (χ0n) is 9.61. The Labute approximate surface area is 89.5 Å². The molecule has 0 spiro atoms. The number of rotatable bonds is 2. The highest BCUT2D eigenvalue weighted by molar-refractivity contribution is 5.77. The van der Waals surface area contributed by atoms with Gasteiger partial charge in [0.05, 0.1) is 11.1 Å². The maximum absolute atomic E-state index is 5.18. The topological polar surface area (TPSA) is 38.9 Å². The van der Waals surface area contributed by atoms with E-state index in [9.17, 15) is 0 Å². The van der Waals surface area contributed by atoms with Gasteiger partial charge >= 0.3 is 0 Å². The number of pyridine rings is 1. The minimum Gasteiger partial charge on any atom is -0.336 e. The van der Waals surface area contributed by atoms with Gasteiger partial charge in [0.25, 0.3) is 5.71 Å². The molecule has 2 heterocycles. The van der Waals surface area contributed by atoms with E-state index >= 15 is 0 Å². The van der Waals surface area contributed by atoms with Gasteiger partial charge in [-0.05, 0) is 23.5 Å². The maximum Gasteiger partial charge on any atom is 0.257 e. The molecule has 2 rings (SSSR count). The summed E-state index contributed by atoms with van der Waals surface area (Å²) in [5.74, 6) is 0.854. The van der Waals surface area contributed by atoms with Gasteiger partial charge in [-0.3, -0.25) is 0 Å². The third-order valence-corrected chi connectivity index (χ3v) is 2.59. The monoisotopic (exact) mass is 204 g/mol. The van der Waals surface area contributed by atoms with Crippen molar-refractivity contribution in [3.8, 4) is 0 Å². The lowest BCUT2D eigenvalue weighted by Gasteiger charge is -2.04. The minimum atomic E-state index is 0.371. The molecule has 0 radical (unpaired) electrons. The van der Waals surface area contributed by atoms with Crippen molar-refractivity contribution >= 4 is 11.1 Å². The van der Waals surface area contributed by atoms with Crippen molar-refractivity contribution in [1.82, 2.24) is 10.1 Å². The first-order chi connectivity index (χ1) is 7.09. The van der Waals surface area contributed by atoms with Gasteiger partial charge in [0.15, 0.2) is 0 Å². The summed E-state index contributed by atoms with van der Waals surface area (Å²) in [6, 6.07) is 2.14. The summed E-state index contributed by atoms with van der Waals surface area (Å²) in [6.07, 6.45) is 1.86. The van der Waals surface area contributed by atoms with E-state index in [4.69, 9.17) is 4.52 Å². The Kier molecular flexibility index (Phi) is 2.47. The molecule has 0 N–H and O–H groups in total. The van der Waals surface area contributed by atoms with E-state index in [1.165, 1.54) is 5.56 Å². The average Bonchev–Trinajstić information content (AvgIpc) is 2.59. The fraction of sp³-hybridized carbons (Fsp3) is 0.500. The van der Waals surface area contributed by atoms with E-state index in [1.807, 2.05) is 6.20 Å². The highest BCUT2D eigenvalue weighted by atomic mass is 16.5. The fourth-order valence-electron chi connectivity index (χ4n) is 1.60. The van der Waals surface area contributed by atoms with Gasteiger partial charge < -0.3 is 4.52 Å². The molecule has 3 heteroatoms. The molecular formula is C12H16N2O. The minimum absolute atomic E-state index is 0.371. The SMILES string of the molecule is CC(C)c1cnc2onc(C(C)C)c2c1. The number of nitrogens with zero attached hydrogens (tertiary/aromatic N) is 2. The molecule has 0 aromatic carbocycles. The van der Waals surface area contributed by atoms with Crippen LogP contribution in [0.5, 0.6) is 0 Å². The van der Waals surface area contributed by atoms with Crippen LogP contribution in [0.3, 0.4) is 0 Å². The highest BCUT2D eigenvalue weighted by Gasteiger charge is 2.13. The number of fused-ring (bicyclic) bond motifs is 1. The van der Waals surface area contributed by atoms with Crippen LogP contribution in [0.1, 0.15) is 50.8 Å². The van der Waals surface area contributed by atoms with Crippen LogP contribution in [-0.2, 0) is 0 Å². The average molecular weight is 204 g/mol. The number of aromatic nitrogens is 2. The molecule has 0 aliphatic heterocycles. The summed E-state index contributed by atoms with van der Waals surface area (Å²) < 4.78 is 5.18. The van der Waals surface area contributed by atoms with Gasteiger partial charge in [0.1, 0.15) is 0 Å². The van der Waals surface area contributed by atoms with Crippen LogP contribution in [-0.4, -0.2) is 10.1 Å². The quantitative estimate of drug-likeness (QED) is 0.751. The zero-order valence-corrected chi connectivity index (χ0v) is 9.61. The number of hydrogen-bond donors (Lipinski definition) is 0. The van der Waals surface area contributed by atoms with E-state index in [1.54, 1.807) is 0 Å². The third kappa shape index (κ3) is 1.74. The molecule has 2 aromatic heterocycles. The van der Waals surface area contributed by atoms with E-state index < -0.39 is 0 Å². The zero-order chi connectivity index (χ0) is 11.0. The predicted octanol–water partition coefficient (Wildman–Crippen LogP) is 3.47. The van der Waals surface area contributed by atoms with Gasteiger partial charge in [-0.25, -0.2) is 4.98 Å². The van der Waals surface area contributed by atoms with Crippen molar-refractivity contribution in [2.45, 2.75) is 39.5 Å². The molecule has 80 valence electrons. The van der Waals surface area contributed by atoms with Crippen LogP contribution in [0, 0.1) is 0 Å². The number of hydrogen-bond acceptors (Lipinski definition) is 3. The second kappa shape index (κ2) is 3.65. The van der Waals surface area contributed by atoms with Crippen LogP contribution < -0.4 is 0 Å². The van der Waals surface area contributed by atoms with E-state index in [2.05, 4.69) is 43.9 Å². The molecule has 3 nitrogen and oxygen atoms in total. The second-order valence-electron chi connectivity index (χ2n) is 4.50. The summed E-state index contributed by atoms with van der Waals surface area (Å²) in [7, 11) is 0. The van der Waals surface area contributed by atoms with Crippen LogP contribution in [0.25, 0.3) is 11.1 Å². The van der Waals surface area contributed by atoms with Gasteiger partial charge in [-0.1, -0.05) is 32.9 Å². The van der Waals surface area contributed by atoms with Crippen LogP contribution in [0.2, 0.25) is 0 Å². The Hall–Kier alpha value is -1.38. The lowest BCUT2D eigenvalue weighted by atomic mass is 10.0. The standard InChI is InChI=1S/C12H16N2O/c1-7(2)9-5-10-11(8(3)4)14-15-12(10)13-6-9/h5-8H,1-4H3. The molecule has 0 atom stereocenters. The van der Waals surface area contributed by atoms with Gasteiger partial charge in [-0.2, -0.15) is 0 Å². The highest BCUT2D eigenvalue weighted by Crippen LogP contribution is 2.26. The van der Waals surface area contributed by atoms with Crippen LogP contribution in [0.4, 0.5) is 0 Å². The van der Waals surface area contributed by atoms with Gasteiger partial charge in [0.2, 0.25) is 0 Å². The summed E-state index contributed by atoms with van der Waals surface area (Å²) >= 11 is 0. The maximum atomic E-state index is 5.18. The van der Waals surface area contributed by atoms with Gasteiger partial charge in [-0.15, -0.1) is 0 Å².